The van der Waals surface area contributed by atoms with E-state index in [0.717, 1.165) is 12.2 Å². The molecule has 0 heterocycles. The Morgan fingerprint density at radius 2 is 1.94 bits per heavy atom. The lowest BCUT2D eigenvalue weighted by atomic mass is 10.2. The van der Waals surface area contributed by atoms with Crippen LogP contribution in [0.15, 0.2) is 66.0 Å². The Balaban J connectivity index is 1.96. The second-order valence-electron chi connectivity index (χ2n) is 3.96. The maximum Gasteiger partial charge on any atom is 0.119 e. The summed E-state index contributed by atoms with van der Waals surface area (Å²) < 4.78 is 5.73. The number of benzene rings is 1. The predicted octanol–water partition coefficient (Wildman–Crippen LogP) is 3.99. The van der Waals surface area contributed by atoms with Crippen molar-refractivity contribution in [3.05, 3.63) is 71.5 Å². The molecule has 0 aliphatic heterocycles. The molecule has 0 bridgehead atoms. The van der Waals surface area contributed by atoms with Crippen molar-refractivity contribution < 1.29 is 4.74 Å². The van der Waals surface area contributed by atoms with Crippen LogP contribution in [-0.4, -0.2) is 0 Å². The van der Waals surface area contributed by atoms with E-state index in [2.05, 4.69) is 31.2 Å². The van der Waals surface area contributed by atoms with Gasteiger partial charge in [0.2, 0.25) is 0 Å². The molecule has 0 saturated carbocycles. The minimum atomic E-state index is 0.629. The summed E-state index contributed by atoms with van der Waals surface area (Å²) in [5.74, 6) is 0.931. The summed E-state index contributed by atoms with van der Waals surface area (Å²) in [6.45, 7) is 2.75. The molecule has 0 saturated heterocycles. The molecule has 1 aromatic carbocycles. The third-order valence-corrected chi connectivity index (χ3v) is 2.50. The first-order chi connectivity index (χ1) is 7.84. The number of hydrogen-bond donors (Lipinski definition) is 0. The number of hydrogen-bond acceptors (Lipinski definition) is 1. The molecule has 82 valence electrons. The maximum absolute atomic E-state index is 5.73. The van der Waals surface area contributed by atoms with Crippen LogP contribution in [-0.2, 0) is 11.3 Å². The molecule has 1 heteroatoms. The van der Waals surface area contributed by atoms with E-state index in [4.69, 9.17) is 4.74 Å². The molecule has 0 unspecified atom stereocenters. The van der Waals surface area contributed by atoms with Crippen molar-refractivity contribution in [2.45, 2.75) is 20.0 Å². The van der Waals surface area contributed by atoms with Gasteiger partial charge < -0.3 is 4.74 Å². The van der Waals surface area contributed by atoms with Gasteiger partial charge in [0.15, 0.2) is 0 Å². The van der Waals surface area contributed by atoms with E-state index in [-0.39, 0.29) is 0 Å². The second kappa shape index (κ2) is 5.36. The molecule has 0 spiro atoms. The maximum atomic E-state index is 5.73. The van der Waals surface area contributed by atoms with E-state index in [1.165, 1.54) is 11.1 Å². The molecular weight excluding hydrogens is 196 g/mol. The second-order valence-corrected chi connectivity index (χ2v) is 3.96. The number of rotatable bonds is 3. The van der Waals surface area contributed by atoms with Gasteiger partial charge in [-0.05, 0) is 31.1 Å². The van der Waals surface area contributed by atoms with Crippen molar-refractivity contribution in [3.63, 3.8) is 0 Å². The van der Waals surface area contributed by atoms with Crippen LogP contribution >= 0.6 is 0 Å². The molecule has 1 aromatic rings. The number of ether oxygens (including phenoxy) is 1. The van der Waals surface area contributed by atoms with E-state index in [1.54, 1.807) is 0 Å². The van der Waals surface area contributed by atoms with E-state index in [1.807, 2.05) is 30.4 Å². The molecule has 0 atom stereocenters. The molecule has 1 nitrogen and oxygen atoms in total. The third-order valence-electron chi connectivity index (χ3n) is 2.50. The first-order valence-electron chi connectivity index (χ1n) is 5.55. The summed E-state index contributed by atoms with van der Waals surface area (Å²) in [4.78, 5) is 0. The fourth-order valence-electron chi connectivity index (χ4n) is 1.55. The Kier molecular flexibility index (Phi) is 3.60. The van der Waals surface area contributed by atoms with Gasteiger partial charge in [-0.15, -0.1) is 0 Å². The van der Waals surface area contributed by atoms with Crippen LogP contribution in [0.2, 0.25) is 0 Å². The summed E-state index contributed by atoms with van der Waals surface area (Å²) in [5.41, 5.74) is 2.55. The molecule has 0 radical (unpaired) electrons. The highest BCUT2D eigenvalue weighted by molar-refractivity contribution is 5.26. The van der Waals surface area contributed by atoms with Crippen molar-refractivity contribution in [1.29, 1.82) is 0 Å². The average Bonchev–Trinajstić information content (AvgIpc) is 2.53. The highest BCUT2D eigenvalue weighted by atomic mass is 16.5. The van der Waals surface area contributed by atoms with Crippen molar-refractivity contribution in [2.75, 3.05) is 0 Å². The standard InChI is InChI=1S/C15H16O/c1-13-6-5-9-15(11-10-13)16-12-14-7-3-2-4-8-14/h2-5,7-11H,6,12H2,1H3. The summed E-state index contributed by atoms with van der Waals surface area (Å²) in [5, 5.41) is 0. The summed E-state index contributed by atoms with van der Waals surface area (Å²) in [7, 11) is 0. The fraction of sp³-hybridized carbons (Fsp3) is 0.200. The molecule has 0 fully saturated rings. The Labute approximate surface area is 96.8 Å². The van der Waals surface area contributed by atoms with Crippen LogP contribution in [0.1, 0.15) is 18.9 Å². The Morgan fingerprint density at radius 3 is 2.75 bits per heavy atom. The predicted molar refractivity (Wildman–Crippen MR) is 66.8 cm³/mol. The lowest BCUT2D eigenvalue weighted by molar-refractivity contribution is 0.211. The zero-order valence-electron chi connectivity index (χ0n) is 9.52. The molecule has 0 amide bonds. The lowest BCUT2D eigenvalue weighted by Crippen LogP contribution is -1.90. The van der Waals surface area contributed by atoms with Crippen LogP contribution in [0.5, 0.6) is 0 Å². The van der Waals surface area contributed by atoms with Crippen LogP contribution in [0.4, 0.5) is 0 Å². The fourth-order valence-corrected chi connectivity index (χ4v) is 1.55. The molecule has 2 rings (SSSR count). The molecule has 1 aliphatic carbocycles. The van der Waals surface area contributed by atoms with Gasteiger partial charge in [-0.2, -0.15) is 0 Å². The van der Waals surface area contributed by atoms with Gasteiger partial charge in [-0.1, -0.05) is 48.1 Å². The topological polar surface area (TPSA) is 9.23 Å². The van der Waals surface area contributed by atoms with Crippen molar-refractivity contribution in [1.82, 2.24) is 0 Å². The van der Waals surface area contributed by atoms with E-state index in [0.29, 0.717) is 6.61 Å². The first kappa shape index (κ1) is 10.7. The lowest BCUT2D eigenvalue weighted by Gasteiger charge is -2.05. The summed E-state index contributed by atoms with van der Waals surface area (Å²) in [6, 6.07) is 10.2. The highest BCUT2D eigenvalue weighted by Gasteiger charge is 1.97. The SMILES string of the molecule is CC1=CC=C(OCc2ccccc2)C=CC1. The minimum Gasteiger partial charge on any atom is -0.489 e. The van der Waals surface area contributed by atoms with E-state index >= 15 is 0 Å². The Morgan fingerprint density at radius 1 is 1.12 bits per heavy atom. The average molecular weight is 212 g/mol. The minimum absolute atomic E-state index is 0.629. The largest absolute Gasteiger partial charge is 0.489 e. The van der Waals surface area contributed by atoms with Gasteiger partial charge in [0.25, 0.3) is 0 Å². The molecule has 0 N–H and O–H groups in total. The van der Waals surface area contributed by atoms with E-state index < -0.39 is 0 Å². The third kappa shape index (κ3) is 3.13. The quantitative estimate of drug-likeness (QED) is 0.736. The highest BCUT2D eigenvalue weighted by Crippen LogP contribution is 2.13. The summed E-state index contributed by atoms with van der Waals surface area (Å²) in [6.07, 6.45) is 9.32. The van der Waals surface area contributed by atoms with Crippen LogP contribution < -0.4 is 0 Å². The molecule has 16 heavy (non-hydrogen) atoms. The van der Waals surface area contributed by atoms with Gasteiger partial charge in [-0.25, -0.2) is 0 Å². The van der Waals surface area contributed by atoms with Gasteiger partial charge in [0, 0.05) is 0 Å². The van der Waals surface area contributed by atoms with Gasteiger partial charge in [0.1, 0.15) is 12.4 Å². The molecule has 1 aliphatic rings. The van der Waals surface area contributed by atoms with Gasteiger partial charge in [0.05, 0.1) is 0 Å². The smallest absolute Gasteiger partial charge is 0.119 e. The van der Waals surface area contributed by atoms with Crippen molar-refractivity contribution in [2.24, 2.45) is 0 Å². The zero-order valence-corrected chi connectivity index (χ0v) is 9.52. The molecule has 0 aromatic heterocycles. The van der Waals surface area contributed by atoms with Crippen LogP contribution in [0.3, 0.4) is 0 Å². The number of allylic oxidation sites excluding steroid dienone is 5. The zero-order chi connectivity index (χ0) is 11.2. The Hall–Kier alpha value is -1.76. The first-order valence-corrected chi connectivity index (χ1v) is 5.55. The van der Waals surface area contributed by atoms with Gasteiger partial charge >= 0.3 is 0 Å². The monoisotopic (exact) mass is 212 g/mol. The normalized spacial score (nSPS) is 15.1. The van der Waals surface area contributed by atoms with Crippen molar-refractivity contribution in [3.8, 4) is 0 Å². The van der Waals surface area contributed by atoms with Crippen LogP contribution in [0.25, 0.3) is 0 Å². The van der Waals surface area contributed by atoms with Crippen molar-refractivity contribution >= 4 is 0 Å². The van der Waals surface area contributed by atoms with Gasteiger partial charge in [-0.3, -0.25) is 0 Å². The summed E-state index contributed by atoms with van der Waals surface area (Å²) >= 11 is 0. The van der Waals surface area contributed by atoms with E-state index in [9.17, 15) is 0 Å². The Bertz CT molecular complexity index is 424. The molecular formula is C15H16O. The van der Waals surface area contributed by atoms with Crippen LogP contribution in [0, 0.1) is 0 Å².